The summed E-state index contributed by atoms with van der Waals surface area (Å²) in [6, 6.07) is 7.69. The minimum absolute atomic E-state index is 0.0984. The Labute approximate surface area is 97.3 Å². The average molecular weight is 269 g/mol. The molecule has 0 saturated heterocycles. The zero-order valence-electron chi connectivity index (χ0n) is 8.29. The maximum atomic E-state index is 11.5. The van der Waals surface area contributed by atoms with Crippen molar-refractivity contribution >= 4 is 27.5 Å². The molecule has 3 nitrogen and oxygen atoms in total. The molecule has 1 saturated carbocycles. The first-order chi connectivity index (χ1) is 7.25. The largest absolute Gasteiger partial charge is 0.299 e. The number of benzene rings is 1. The molecule has 80 valence electrons. The van der Waals surface area contributed by atoms with Gasteiger partial charge in [-0.2, -0.15) is 0 Å². The molecule has 0 unspecified atom stereocenters. The third-order valence-corrected chi connectivity index (χ3v) is 3.12. The first-order valence-electron chi connectivity index (χ1n) is 5.07. The van der Waals surface area contributed by atoms with E-state index in [4.69, 9.17) is 0 Å². The van der Waals surface area contributed by atoms with Gasteiger partial charge in [0.2, 0.25) is 5.91 Å². The lowest BCUT2D eigenvalue weighted by Gasteiger charge is -2.24. The summed E-state index contributed by atoms with van der Waals surface area (Å²) in [6.45, 7) is 0. The number of amides is 1. The summed E-state index contributed by atoms with van der Waals surface area (Å²) >= 11 is 3.37. The zero-order valence-corrected chi connectivity index (χ0v) is 9.88. The summed E-state index contributed by atoms with van der Waals surface area (Å²) in [6.07, 6.45) is 3.22. The lowest BCUT2D eigenvalue weighted by atomic mass is 9.85. The zero-order chi connectivity index (χ0) is 10.7. The molecule has 1 aromatic carbocycles. The van der Waals surface area contributed by atoms with Crippen LogP contribution in [0.4, 0.5) is 5.69 Å². The van der Waals surface area contributed by atoms with Gasteiger partial charge in [0.25, 0.3) is 0 Å². The first-order valence-corrected chi connectivity index (χ1v) is 5.86. The van der Waals surface area contributed by atoms with E-state index in [1.54, 1.807) is 0 Å². The van der Waals surface area contributed by atoms with Gasteiger partial charge in [0.05, 0.1) is 5.69 Å². The van der Waals surface area contributed by atoms with E-state index >= 15 is 0 Å². The van der Waals surface area contributed by atoms with Gasteiger partial charge in [0, 0.05) is 10.4 Å². The number of carbonyl (C=O) groups is 1. The predicted molar refractivity (Wildman–Crippen MR) is 63.2 cm³/mol. The number of carbonyl (C=O) groups excluding carboxylic acids is 1. The molecule has 0 atom stereocenters. The summed E-state index contributed by atoms with van der Waals surface area (Å²) in [5.41, 5.74) is 6.51. The highest BCUT2D eigenvalue weighted by molar-refractivity contribution is 9.10. The van der Waals surface area contributed by atoms with Gasteiger partial charge in [-0.1, -0.05) is 28.4 Å². The Morgan fingerprint density at radius 2 is 2.20 bits per heavy atom. The van der Waals surface area contributed by atoms with Gasteiger partial charge in [0.15, 0.2) is 0 Å². The van der Waals surface area contributed by atoms with E-state index in [0.29, 0.717) is 0 Å². The summed E-state index contributed by atoms with van der Waals surface area (Å²) in [5.74, 6) is 0.311. The molecule has 1 aromatic rings. The molecule has 1 aliphatic carbocycles. The topological polar surface area (TPSA) is 41.1 Å². The molecular formula is C11H13BrN2O. The number of anilines is 1. The molecule has 0 aliphatic heterocycles. The van der Waals surface area contributed by atoms with E-state index in [0.717, 1.165) is 23.0 Å². The molecule has 1 amide bonds. The number of hydrogen-bond donors (Lipinski definition) is 2. The Morgan fingerprint density at radius 3 is 2.80 bits per heavy atom. The number of halogens is 1. The van der Waals surface area contributed by atoms with E-state index in [9.17, 15) is 4.79 Å². The second kappa shape index (κ2) is 4.66. The Hall–Kier alpha value is -1.03. The predicted octanol–water partition coefficient (Wildman–Crippen LogP) is 2.69. The maximum absolute atomic E-state index is 11.5. The van der Waals surface area contributed by atoms with E-state index in [1.807, 2.05) is 24.3 Å². The van der Waals surface area contributed by atoms with Crippen LogP contribution >= 0.6 is 15.9 Å². The highest BCUT2D eigenvalue weighted by atomic mass is 79.9. The van der Waals surface area contributed by atoms with Crippen molar-refractivity contribution in [2.45, 2.75) is 19.3 Å². The van der Waals surface area contributed by atoms with Crippen LogP contribution in [0.2, 0.25) is 0 Å². The van der Waals surface area contributed by atoms with Crippen LogP contribution in [0.5, 0.6) is 0 Å². The minimum atomic E-state index is 0.0984. The van der Waals surface area contributed by atoms with Crippen molar-refractivity contribution in [3.05, 3.63) is 28.7 Å². The standard InChI is InChI=1S/C11H13BrN2O/c12-9-5-2-6-10(7-9)13-14-11(15)8-3-1-4-8/h2,5-8,13H,1,3-4H2,(H,14,15). The third-order valence-electron chi connectivity index (χ3n) is 2.63. The summed E-state index contributed by atoms with van der Waals surface area (Å²) in [7, 11) is 0. The number of rotatable bonds is 3. The van der Waals surface area contributed by atoms with Crippen LogP contribution in [-0.2, 0) is 4.79 Å². The van der Waals surface area contributed by atoms with Gasteiger partial charge in [-0.3, -0.25) is 15.6 Å². The molecule has 0 spiro atoms. The van der Waals surface area contributed by atoms with Crippen LogP contribution in [0, 0.1) is 5.92 Å². The van der Waals surface area contributed by atoms with Crippen molar-refractivity contribution in [1.29, 1.82) is 0 Å². The second-order valence-electron chi connectivity index (χ2n) is 3.75. The monoisotopic (exact) mass is 268 g/mol. The Balaban J connectivity index is 1.84. The summed E-state index contributed by atoms with van der Waals surface area (Å²) in [5, 5.41) is 0. The summed E-state index contributed by atoms with van der Waals surface area (Å²) < 4.78 is 0.991. The molecule has 4 heteroatoms. The molecular weight excluding hydrogens is 256 g/mol. The van der Waals surface area contributed by atoms with Gasteiger partial charge in [-0.15, -0.1) is 0 Å². The molecule has 0 bridgehead atoms. The van der Waals surface area contributed by atoms with Crippen molar-refractivity contribution in [2.24, 2.45) is 5.92 Å². The van der Waals surface area contributed by atoms with Crippen LogP contribution < -0.4 is 10.9 Å². The smallest absolute Gasteiger partial charge is 0.241 e. The maximum Gasteiger partial charge on any atom is 0.241 e. The lowest BCUT2D eigenvalue weighted by Crippen LogP contribution is -2.37. The molecule has 0 aromatic heterocycles. The van der Waals surface area contributed by atoms with E-state index < -0.39 is 0 Å². The van der Waals surface area contributed by atoms with Gasteiger partial charge in [0.1, 0.15) is 0 Å². The fraction of sp³-hybridized carbons (Fsp3) is 0.364. The van der Waals surface area contributed by atoms with E-state index in [1.165, 1.54) is 6.42 Å². The Morgan fingerprint density at radius 1 is 1.40 bits per heavy atom. The SMILES string of the molecule is O=C(NNc1cccc(Br)c1)C1CCC1. The number of hydrogen-bond acceptors (Lipinski definition) is 2. The number of nitrogens with one attached hydrogen (secondary N) is 2. The molecule has 0 heterocycles. The van der Waals surface area contributed by atoms with Crippen molar-refractivity contribution in [2.75, 3.05) is 5.43 Å². The third kappa shape index (κ3) is 2.72. The lowest BCUT2D eigenvalue weighted by molar-refractivity contribution is -0.126. The summed E-state index contributed by atoms with van der Waals surface area (Å²) in [4.78, 5) is 11.5. The van der Waals surface area contributed by atoms with E-state index in [2.05, 4.69) is 26.8 Å². The van der Waals surface area contributed by atoms with Gasteiger partial charge in [-0.05, 0) is 31.0 Å². The van der Waals surface area contributed by atoms with Crippen LogP contribution in [0.25, 0.3) is 0 Å². The van der Waals surface area contributed by atoms with E-state index in [-0.39, 0.29) is 11.8 Å². The van der Waals surface area contributed by atoms with Crippen LogP contribution in [0.1, 0.15) is 19.3 Å². The molecule has 1 aliphatic rings. The molecule has 2 rings (SSSR count). The van der Waals surface area contributed by atoms with Crippen molar-refractivity contribution in [3.63, 3.8) is 0 Å². The molecule has 2 N–H and O–H groups in total. The fourth-order valence-corrected chi connectivity index (χ4v) is 1.87. The first kappa shape index (κ1) is 10.5. The van der Waals surface area contributed by atoms with Crippen molar-refractivity contribution in [3.8, 4) is 0 Å². The Kier molecular flexibility index (Phi) is 3.26. The fourth-order valence-electron chi connectivity index (χ4n) is 1.47. The van der Waals surface area contributed by atoms with Crippen molar-refractivity contribution in [1.82, 2.24) is 5.43 Å². The van der Waals surface area contributed by atoms with Crippen molar-refractivity contribution < 1.29 is 4.79 Å². The molecule has 15 heavy (non-hydrogen) atoms. The quantitative estimate of drug-likeness (QED) is 0.828. The van der Waals surface area contributed by atoms with Gasteiger partial charge >= 0.3 is 0 Å². The Bertz CT molecular complexity index is 363. The highest BCUT2D eigenvalue weighted by Crippen LogP contribution is 2.26. The van der Waals surface area contributed by atoms with Crippen LogP contribution in [0.3, 0.4) is 0 Å². The minimum Gasteiger partial charge on any atom is -0.299 e. The molecule has 0 radical (unpaired) electrons. The number of hydrazine groups is 1. The van der Waals surface area contributed by atoms with Crippen LogP contribution in [-0.4, -0.2) is 5.91 Å². The molecule has 1 fully saturated rings. The highest BCUT2D eigenvalue weighted by Gasteiger charge is 2.24. The van der Waals surface area contributed by atoms with Crippen LogP contribution in [0.15, 0.2) is 28.7 Å². The normalized spacial score (nSPS) is 15.5. The van der Waals surface area contributed by atoms with Gasteiger partial charge in [-0.25, -0.2) is 0 Å². The van der Waals surface area contributed by atoms with Gasteiger partial charge < -0.3 is 0 Å². The second-order valence-corrected chi connectivity index (χ2v) is 4.67. The average Bonchev–Trinajstić information content (AvgIpc) is 2.12.